The van der Waals surface area contributed by atoms with Crippen molar-refractivity contribution in [1.82, 2.24) is 9.80 Å². The van der Waals surface area contributed by atoms with Crippen molar-refractivity contribution in [1.29, 1.82) is 0 Å². The van der Waals surface area contributed by atoms with Gasteiger partial charge in [0.05, 0.1) is 6.42 Å². The van der Waals surface area contributed by atoms with Crippen molar-refractivity contribution >= 4 is 11.9 Å². The molecule has 0 saturated carbocycles. The van der Waals surface area contributed by atoms with Crippen LogP contribution >= 0.6 is 0 Å². The van der Waals surface area contributed by atoms with Crippen LogP contribution in [0.1, 0.15) is 16.8 Å². The van der Waals surface area contributed by atoms with Gasteiger partial charge in [0.1, 0.15) is 17.1 Å². The summed E-state index contributed by atoms with van der Waals surface area (Å²) in [7, 11) is 0. The molecule has 0 atom stereocenters. The Hall–Kier alpha value is -2.28. The first-order valence-corrected chi connectivity index (χ1v) is 6.73. The molecule has 1 fully saturated rings. The van der Waals surface area contributed by atoms with Gasteiger partial charge in [0.25, 0.3) is 5.91 Å². The van der Waals surface area contributed by atoms with Crippen LogP contribution in [-0.4, -0.2) is 69.7 Å². The Bertz CT molecular complexity index is 518. The van der Waals surface area contributed by atoms with Gasteiger partial charge in [0.2, 0.25) is 0 Å². The van der Waals surface area contributed by atoms with Crippen LogP contribution in [0.25, 0.3) is 0 Å². The average molecular weight is 294 g/mol. The second-order valence-electron chi connectivity index (χ2n) is 4.95. The molecule has 0 aromatic heterocycles. The van der Waals surface area contributed by atoms with E-state index in [4.69, 9.17) is 5.11 Å². The molecule has 0 radical (unpaired) electrons. The summed E-state index contributed by atoms with van der Waals surface area (Å²) in [5.41, 5.74) is -0.0866. The maximum absolute atomic E-state index is 12.3. The molecule has 0 spiro atoms. The number of nitrogens with zero attached hydrogens (tertiary/aromatic N) is 2. The zero-order valence-corrected chi connectivity index (χ0v) is 11.5. The molecular formula is C14H18N2O5. The highest BCUT2D eigenvalue weighted by molar-refractivity contribution is 5.99. The number of aromatic hydroxyl groups is 2. The first-order chi connectivity index (χ1) is 9.99. The quantitative estimate of drug-likeness (QED) is 0.740. The topological polar surface area (TPSA) is 101 Å². The Kier molecular flexibility index (Phi) is 4.64. The second kappa shape index (κ2) is 6.45. The van der Waals surface area contributed by atoms with Crippen molar-refractivity contribution in [3.63, 3.8) is 0 Å². The molecule has 1 aromatic carbocycles. The van der Waals surface area contributed by atoms with Crippen LogP contribution < -0.4 is 0 Å². The van der Waals surface area contributed by atoms with Gasteiger partial charge < -0.3 is 20.2 Å². The first kappa shape index (κ1) is 15.1. The van der Waals surface area contributed by atoms with Crippen LogP contribution in [-0.2, 0) is 4.79 Å². The average Bonchev–Trinajstić information content (AvgIpc) is 2.45. The molecule has 1 saturated heterocycles. The Morgan fingerprint density at radius 1 is 1.05 bits per heavy atom. The second-order valence-corrected chi connectivity index (χ2v) is 4.95. The Morgan fingerprint density at radius 2 is 1.62 bits per heavy atom. The highest BCUT2D eigenvalue weighted by atomic mass is 16.4. The van der Waals surface area contributed by atoms with Gasteiger partial charge in [-0.25, -0.2) is 0 Å². The first-order valence-electron chi connectivity index (χ1n) is 6.73. The number of hydrogen-bond acceptors (Lipinski definition) is 5. The van der Waals surface area contributed by atoms with E-state index in [0.717, 1.165) is 0 Å². The molecule has 1 heterocycles. The number of amides is 1. The standard InChI is InChI=1S/C14H18N2O5/c17-10-2-1-3-11(18)13(10)14(21)16-8-6-15(7-9-16)5-4-12(19)20/h1-3,17-18H,4-9H2,(H,19,20). The van der Waals surface area contributed by atoms with Crippen molar-refractivity contribution in [3.8, 4) is 11.5 Å². The van der Waals surface area contributed by atoms with Crippen LogP contribution in [0, 0.1) is 0 Å². The van der Waals surface area contributed by atoms with E-state index in [2.05, 4.69) is 0 Å². The molecular weight excluding hydrogens is 276 g/mol. The molecule has 21 heavy (non-hydrogen) atoms. The molecule has 1 aliphatic heterocycles. The highest BCUT2D eigenvalue weighted by Gasteiger charge is 2.26. The predicted molar refractivity (Wildman–Crippen MR) is 74.4 cm³/mol. The van der Waals surface area contributed by atoms with Crippen molar-refractivity contribution in [2.45, 2.75) is 6.42 Å². The summed E-state index contributed by atoms with van der Waals surface area (Å²) in [6.45, 7) is 2.48. The van der Waals surface area contributed by atoms with E-state index in [9.17, 15) is 19.8 Å². The van der Waals surface area contributed by atoms with Gasteiger partial charge in [-0.2, -0.15) is 0 Å². The van der Waals surface area contributed by atoms with E-state index in [0.29, 0.717) is 32.7 Å². The molecule has 0 aliphatic carbocycles. The van der Waals surface area contributed by atoms with Gasteiger partial charge >= 0.3 is 5.97 Å². The molecule has 0 unspecified atom stereocenters. The summed E-state index contributed by atoms with van der Waals surface area (Å²) >= 11 is 0. The fourth-order valence-electron chi connectivity index (χ4n) is 2.33. The van der Waals surface area contributed by atoms with E-state index in [1.807, 2.05) is 4.90 Å². The molecule has 7 nitrogen and oxygen atoms in total. The monoisotopic (exact) mass is 294 g/mol. The smallest absolute Gasteiger partial charge is 0.304 e. The molecule has 114 valence electrons. The zero-order valence-electron chi connectivity index (χ0n) is 11.5. The largest absolute Gasteiger partial charge is 0.507 e. The van der Waals surface area contributed by atoms with E-state index in [1.165, 1.54) is 18.2 Å². The van der Waals surface area contributed by atoms with Gasteiger partial charge in [-0.15, -0.1) is 0 Å². The van der Waals surface area contributed by atoms with Crippen LogP contribution in [0.15, 0.2) is 18.2 Å². The lowest BCUT2D eigenvalue weighted by molar-refractivity contribution is -0.137. The third kappa shape index (κ3) is 3.63. The summed E-state index contributed by atoms with van der Waals surface area (Å²) in [6.07, 6.45) is 0.0776. The van der Waals surface area contributed by atoms with Crippen molar-refractivity contribution in [3.05, 3.63) is 23.8 Å². The van der Waals surface area contributed by atoms with Crippen LogP contribution in [0.2, 0.25) is 0 Å². The van der Waals surface area contributed by atoms with Gasteiger partial charge in [0.15, 0.2) is 0 Å². The zero-order chi connectivity index (χ0) is 15.4. The van der Waals surface area contributed by atoms with Gasteiger partial charge in [-0.3, -0.25) is 14.5 Å². The number of carbonyl (C=O) groups excluding carboxylic acids is 1. The third-order valence-electron chi connectivity index (χ3n) is 3.54. The van der Waals surface area contributed by atoms with Crippen molar-refractivity contribution < 1.29 is 24.9 Å². The number of hydrogen-bond donors (Lipinski definition) is 3. The Labute approximate surface area is 122 Å². The minimum absolute atomic E-state index is 0.0776. The molecule has 0 bridgehead atoms. The third-order valence-corrected chi connectivity index (χ3v) is 3.54. The van der Waals surface area contributed by atoms with E-state index in [-0.39, 0.29) is 23.5 Å². The molecule has 1 aliphatic rings. The number of piperazine rings is 1. The van der Waals surface area contributed by atoms with Gasteiger partial charge in [-0.05, 0) is 12.1 Å². The lowest BCUT2D eigenvalue weighted by Gasteiger charge is -2.34. The van der Waals surface area contributed by atoms with Crippen LogP contribution in [0.3, 0.4) is 0 Å². The van der Waals surface area contributed by atoms with E-state index in [1.54, 1.807) is 4.90 Å². The normalized spacial score (nSPS) is 15.9. The van der Waals surface area contributed by atoms with Gasteiger partial charge in [0, 0.05) is 32.7 Å². The molecule has 1 amide bonds. The Morgan fingerprint density at radius 3 is 2.14 bits per heavy atom. The number of aliphatic carboxylic acids is 1. The van der Waals surface area contributed by atoms with Crippen molar-refractivity contribution in [2.75, 3.05) is 32.7 Å². The van der Waals surface area contributed by atoms with Crippen LogP contribution in [0.5, 0.6) is 11.5 Å². The molecule has 1 aromatic rings. The summed E-state index contributed by atoms with van der Waals surface area (Å²) < 4.78 is 0. The number of benzene rings is 1. The fraction of sp³-hybridized carbons (Fsp3) is 0.429. The number of phenols is 2. The lowest BCUT2D eigenvalue weighted by atomic mass is 10.1. The Balaban J connectivity index is 1.96. The number of phenolic OH excluding ortho intramolecular Hbond substituents is 2. The number of rotatable bonds is 4. The van der Waals surface area contributed by atoms with Crippen LogP contribution in [0.4, 0.5) is 0 Å². The lowest BCUT2D eigenvalue weighted by Crippen LogP contribution is -2.49. The van der Waals surface area contributed by atoms with E-state index < -0.39 is 11.9 Å². The molecule has 2 rings (SSSR count). The van der Waals surface area contributed by atoms with Gasteiger partial charge in [-0.1, -0.05) is 6.07 Å². The molecule has 3 N–H and O–H groups in total. The maximum Gasteiger partial charge on any atom is 0.304 e. The number of carboxylic acid groups (broad SMARTS) is 1. The summed E-state index contributed by atoms with van der Waals surface area (Å²) in [6, 6.07) is 4.18. The van der Waals surface area contributed by atoms with Crippen molar-refractivity contribution in [2.24, 2.45) is 0 Å². The molecule has 7 heteroatoms. The predicted octanol–water partition coefficient (Wildman–Crippen LogP) is 0.330. The summed E-state index contributed by atoms with van der Waals surface area (Å²) in [5, 5.41) is 28.1. The number of carbonyl (C=O) groups is 2. The number of carboxylic acids is 1. The summed E-state index contributed by atoms with van der Waals surface area (Å²) in [4.78, 5) is 26.4. The highest BCUT2D eigenvalue weighted by Crippen LogP contribution is 2.27. The fourth-order valence-corrected chi connectivity index (χ4v) is 2.33. The SMILES string of the molecule is O=C(O)CCN1CCN(C(=O)c2c(O)cccc2O)CC1. The minimum atomic E-state index is -0.840. The maximum atomic E-state index is 12.3. The summed E-state index contributed by atoms with van der Waals surface area (Å²) in [5.74, 6) is -1.74. The van der Waals surface area contributed by atoms with E-state index >= 15 is 0 Å². The minimum Gasteiger partial charge on any atom is -0.507 e.